The maximum absolute atomic E-state index is 14.4. The van der Waals surface area contributed by atoms with E-state index in [-0.39, 0.29) is 24.5 Å². The summed E-state index contributed by atoms with van der Waals surface area (Å²) in [5, 5.41) is 15.7. The van der Waals surface area contributed by atoms with Gasteiger partial charge in [0.15, 0.2) is 0 Å². The van der Waals surface area contributed by atoms with Crippen molar-refractivity contribution in [2.75, 3.05) is 11.9 Å². The molecule has 0 aliphatic heterocycles. The lowest BCUT2D eigenvalue weighted by molar-refractivity contribution is 0.0935. The van der Waals surface area contributed by atoms with Gasteiger partial charge in [0.1, 0.15) is 5.82 Å². The molecule has 8 heteroatoms. The van der Waals surface area contributed by atoms with Gasteiger partial charge in [-0.1, -0.05) is 25.4 Å². The number of carbonyl (C=O) groups excluding carboxylic acids is 1. The van der Waals surface area contributed by atoms with E-state index in [1.807, 2.05) is 20.8 Å². The van der Waals surface area contributed by atoms with Crippen molar-refractivity contribution in [2.45, 2.75) is 39.2 Å². The number of amides is 1. The Labute approximate surface area is 191 Å². The Hall–Kier alpha value is -3.03. The van der Waals surface area contributed by atoms with Gasteiger partial charge >= 0.3 is 0 Å². The average molecular weight is 457 g/mol. The molecule has 0 spiro atoms. The molecule has 1 aromatic carbocycles. The van der Waals surface area contributed by atoms with Crippen molar-refractivity contribution >= 4 is 28.9 Å². The lowest BCUT2D eigenvalue weighted by Crippen LogP contribution is -2.33. The molecule has 2 aromatic heterocycles. The minimum Gasteiger partial charge on any atom is -0.396 e. The maximum atomic E-state index is 14.4. The van der Waals surface area contributed by atoms with E-state index in [4.69, 9.17) is 16.7 Å². The fourth-order valence-corrected chi connectivity index (χ4v) is 3.44. The molecule has 3 rings (SSSR count). The van der Waals surface area contributed by atoms with Gasteiger partial charge in [-0.25, -0.2) is 4.39 Å². The topological polar surface area (TPSA) is 87.1 Å². The predicted molar refractivity (Wildman–Crippen MR) is 125 cm³/mol. The number of nitrogens with one attached hydrogen (secondary N) is 2. The highest BCUT2D eigenvalue weighted by Gasteiger charge is 2.17. The van der Waals surface area contributed by atoms with Crippen molar-refractivity contribution in [2.24, 2.45) is 0 Å². The monoisotopic (exact) mass is 456 g/mol. The first-order chi connectivity index (χ1) is 15.3. The molecular formula is C24H26ClFN4O2. The highest BCUT2D eigenvalue weighted by atomic mass is 35.5. The Balaban J connectivity index is 2.00. The third-order valence-electron chi connectivity index (χ3n) is 5.04. The van der Waals surface area contributed by atoms with Crippen molar-refractivity contribution in [3.8, 4) is 11.3 Å². The summed E-state index contributed by atoms with van der Waals surface area (Å²) in [5.74, 6) is -0.596. The largest absolute Gasteiger partial charge is 0.396 e. The van der Waals surface area contributed by atoms with E-state index >= 15 is 0 Å². The maximum Gasteiger partial charge on any atom is 0.255 e. The van der Waals surface area contributed by atoms with Crippen molar-refractivity contribution in [3.63, 3.8) is 0 Å². The number of nitrogens with zero attached hydrogens (tertiary/aromatic N) is 2. The van der Waals surface area contributed by atoms with E-state index in [1.165, 1.54) is 24.4 Å². The molecule has 1 amide bonds. The zero-order valence-electron chi connectivity index (χ0n) is 18.2. The van der Waals surface area contributed by atoms with Crippen LogP contribution in [0, 0.1) is 5.82 Å². The van der Waals surface area contributed by atoms with Gasteiger partial charge in [-0.15, -0.1) is 0 Å². The summed E-state index contributed by atoms with van der Waals surface area (Å²) >= 11 is 6.06. The van der Waals surface area contributed by atoms with Crippen LogP contribution in [0.1, 0.15) is 49.0 Å². The molecule has 1 atom stereocenters. The molecule has 32 heavy (non-hydrogen) atoms. The lowest BCUT2D eigenvalue weighted by Gasteiger charge is -2.19. The molecule has 0 fully saturated rings. The van der Waals surface area contributed by atoms with Gasteiger partial charge in [-0.05, 0) is 55.2 Å². The van der Waals surface area contributed by atoms with E-state index in [0.29, 0.717) is 39.6 Å². The average Bonchev–Trinajstić information content (AvgIpc) is 2.75. The van der Waals surface area contributed by atoms with Crippen LogP contribution in [0.4, 0.5) is 15.8 Å². The number of aliphatic hydroxyl groups excluding tert-OH is 1. The summed E-state index contributed by atoms with van der Waals surface area (Å²) < 4.78 is 14.4. The van der Waals surface area contributed by atoms with E-state index < -0.39 is 5.82 Å². The van der Waals surface area contributed by atoms with Crippen LogP contribution in [-0.4, -0.2) is 33.6 Å². The fourth-order valence-electron chi connectivity index (χ4n) is 3.27. The number of hydrogen-bond donors (Lipinski definition) is 3. The fraction of sp³-hybridized carbons (Fsp3) is 0.292. The second-order valence-corrected chi connectivity index (χ2v) is 8.31. The summed E-state index contributed by atoms with van der Waals surface area (Å²) in [7, 11) is 0. The van der Waals surface area contributed by atoms with Crippen molar-refractivity contribution in [1.29, 1.82) is 0 Å². The first-order valence-corrected chi connectivity index (χ1v) is 10.8. The Morgan fingerprint density at radius 3 is 2.66 bits per heavy atom. The zero-order valence-corrected chi connectivity index (χ0v) is 18.9. The normalized spacial score (nSPS) is 12.0. The van der Waals surface area contributed by atoms with Gasteiger partial charge in [0.2, 0.25) is 0 Å². The second kappa shape index (κ2) is 10.5. The van der Waals surface area contributed by atoms with Crippen LogP contribution in [0.25, 0.3) is 11.3 Å². The predicted octanol–water partition coefficient (Wildman–Crippen LogP) is 5.30. The molecule has 0 bridgehead atoms. The van der Waals surface area contributed by atoms with Crippen LogP contribution >= 0.6 is 11.6 Å². The van der Waals surface area contributed by atoms with Gasteiger partial charge in [0, 0.05) is 47.5 Å². The Bertz CT molecular complexity index is 1110. The van der Waals surface area contributed by atoms with Crippen molar-refractivity contribution in [1.82, 2.24) is 15.3 Å². The molecule has 0 aliphatic carbocycles. The molecular weight excluding hydrogens is 431 g/mol. The van der Waals surface area contributed by atoms with Crippen molar-refractivity contribution in [3.05, 3.63) is 70.9 Å². The standard InChI is InChI=1S/C24H26ClFN4O2/c1-14(2)18-13-28-22(17-10-16(25)4-5-20(17)26)11-23(18)30-21-6-8-27-12-19(21)24(32)29-15(3)7-9-31/h4-6,8,10-15,31H,7,9H2,1-3H3,(H,29,32)(H,27,28,30). The molecule has 2 heterocycles. The quantitative estimate of drug-likeness (QED) is 0.428. The molecule has 3 N–H and O–H groups in total. The van der Waals surface area contributed by atoms with Crippen molar-refractivity contribution < 1.29 is 14.3 Å². The van der Waals surface area contributed by atoms with E-state index in [0.717, 1.165) is 5.56 Å². The number of halogens is 2. The number of aromatic nitrogens is 2. The second-order valence-electron chi connectivity index (χ2n) is 7.87. The van der Waals surface area contributed by atoms with Crippen LogP contribution in [0.5, 0.6) is 0 Å². The molecule has 0 saturated heterocycles. The number of rotatable bonds is 8. The highest BCUT2D eigenvalue weighted by molar-refractivity contribution is 6.30. The number of aliphatic hydroxyl groups is 1. The molecule has 0 radical (unpaired) electrons. The van der Waals surface area contributed by atoms with Crippen LogP contribution in [0.15, 0.2) is 48.9 Å². The van der Waals surface area contributed by atoms with E-state index in [1.54, 1.807) is 24.5 Å². The van der Waals surface area contributed by atoms with Gasteiger partial charge in [-0.2, -0.15) is 0 Å². The highest BCUT2D eigenvalue weighted by Crippen LogP contribution is 2.33. The summed E-state index contributed by atoms with van der Waals surface area (Å²) in [5.41, 5.74) is 3.24. The van der Waals surface area contributed by atoms with E-state index in [2.05, 4.69) is 20.6 Å². The number of pyridine rings is 2. The smallest absolute Gasteiger partial charge is 0.255 e. The Morgan fingerprint density at radius 2 is 1.94 bits per heavy atom. The summed E-state index contributed by atoms with van der Waals surface area (Å²) in [6.45, 7) is 5.86. The number of anilines is 2. The van der Waals surface area contributed by atoms with Gasteiger partial charge in [0.05, 0.1) is 16.9 Å². The number of benzene rings is 1. The lowest BCUT2D eigenvalue weighted by atomic mass is 10.0. The summed E-state index contributed by atoms with van der Waals surface area (Å²) in [6, 6.07) is 7.59. The van der Waals surface area contributed by atoms with Crippen LogP contribution in [0.2, 0.25) is 5.02 Å². The molecule has 0 saturated carbocycles. The molecule has 0 aliphatic rings. The van der Waals surface area contributed by atoms with Crippen LogP contribution in [-0.2, 0) is 0 Å². The SMILES string of the molecule is CC(CCO)NC(=O)c1cnccc1Nc1cc(-c2cc(Cl)ccc2F)ncc1C(C)C. The molecule has 3 aromatic rings. The van der Waals surface area contributed by atoms with Gasteiger partial charge in [-0.3, -0.25) is 14.8 Å². The zero-order chi connectivity index (χ0) is 23.3. The molecule has 6 nitrogen and oxygen atoms in total. The summed E-state index contributed by atoms with van der Waals surface area (Å²) in [4.78, 5) is 21.3. The first-order valence-electron chi connectivity index (χ1n) is 10.4. The Morgan fingerprint density at radius 1 is 1.16 bits per heavy atom. The number of hydrogen-bond acceptors (Lipinski definition) is 5. The molecule has 168 valence electrons. The Kier molecular flexibility index (Phi) is 7.77. The third-order valence-corrected chi connectivity index (χ3v) is 5.27. The number of carbonyl (C=O) groups is 1. The molecule has 1 unspecified atom stereocenters. The first kappa shape index (κ1) is 23.6. The van der Waals surface area contributed by atoms with Gasteiger partial charge in [0.25, 0.3) is 5.91 Å². The minimum absolute atomic E-state index is 0.0167. The van der Waals surface area contributed by atoms with Gasteiger partial charge < -0.3 is 15.7 Å². The minimum atomic E-state index is -0.424. The van der Waals surface area contributed by atoms with E-state index in [9.17, 15) is 9.18 Å². The third kappa shape index (κ3) is 5.60. The van der Waals surface area contributed by atoms with Crippen LogP contribution in [0.3, 0.4) is 0 Å². The van der Waals surface area contributed by atoms with Crippen LogP contribution < -0.4 is 10.6 Å². The summed E-state index contributed by atoms with van der Waals surface area (Å²) in [6.07, 6.45) is 5.22.